The summed E-state index contributed by atoms with van der Waals surface area (Å²) in [6.45, 7) is 33.0. The first-order valence-corrected chi connectivity index (χ1v) is 22.3. The number of fused-ring (bicyclic) bond motifs is 8. The van der Waals surface area contributed by atoms with Crippen LogP contribution in [0.4, 0.5) is 0 Å². The van der Waals surface area contributed by atoms with E-state index in [1.807, 2.05) is 36.4 Å². The van der Waals surface area contributed by atoms with E-state index >= 15 is 0 Å². The Balaban J connectivity index is 1.96. The molecule has 0 radical (unpaired) electrons. The second kappa shape index (κ2) is 16.0. The van der Waals surface area contributed by atoms with Crippen LogP contribution in [0.3, 0.4) is 0 Å². The van der Waals surface area contributed by atoms with Crippen LogP contribution in [0.25, 0.3) is 0 Å². The molecular formula is C50H69O7P. The second-order valence-corrected chi connectivity index (χ2v) is 22.6. The van der Waals surface area contributed by atoms with Crippen molar-refractivity contribution in [3.8, 4) is 23.0 Å². The molecule has 5 rings (SSSR count). The third-order valence-corrected chi connectivity index (χ3v) is 12.7. The first-order chi connectivity index (χ1) is 26.4. The largest absolute Gasteiger partial charge is 0.530 e. The Hall–Kier alpha value is -3.77. The number of aromatic hydroxyl groups is 3. The number of benzene rings is 4. The topological polar surface area (TPSA) is 105 Å². The fourth-order valence-electron chi connectivity index (χ4n) is 7.47. The smallest absolute Gasteiger partial charge is 0.507 e. The normalized spacial score (nSPS) is 14.3. The molecule has 0 aromatic heterocycles. The summed E-state index contributed by atoms with van der Waals surface area (Å²) in [4.78, 5) is 0. The molecule has 0 amide bonds. The lowest BCUT2D eigenvalue weighted by atomic mass is 9.79. The summed E-state index contributed by atoms with van der Waals surface area (Å²) in [5.41, 5.74) is 8.58. The minimum absolute atomic E-state index is 0.133. The third-order valence-electron chi connectivity index (χ3n) is 10.9. The SMILES string of the molecule is CC(C)OP(=O)(Oc1c2cc(C(C)(C)C)cc1Cc1cc(C(C)(C)C)cc(c1O)Cc1cc(C(C)(C)C)cc(c1O)Cc1cc(C(C)(C)C)cc(c1O)C2)OC(C)C. The number of phosphoric acid groups is 1. The molecule has 0 saturated heterocycles. The van der Waals surface area contributed by atoms with Gasteiger partial charge in [-0.3, -0.25) is 9.05 Å². The van der Waals surface area contributed by atoms with E-state index in [1.165, 1.54) is 0 Å². The number of hydrogen-bond acceptors (Lipinski definition) is 7. The zero-order chi connectivity index (χ0) is 43.5. The fourth-order valence-corrected chi connectivity index (χ4v) is 9.10. The number of hydrogen-bond donors (Lipinski definition) is 3. The molecule has 1 aliphatic rings. The van der Waals surface area contributed by atoms with Crippen molar-refractivity contribution in [3.05, 3.63) is 115 Å². The Labute approximate surface area is 348 Å². The third kappa shape index (κ3) is 10.3. The lowest BCUT2D eigenvalue weighted by Crippen LogP contribution is -2.17. The van der Waals surface area contributed by atoms with E-state index in [0.717, 1.165) is 22.3 Å². The van der Waals surface area contributed by atoms with Crippen molar-refractivity contribution in [3.63, 3.8) is 0 Å². The van der Waals surface area contributed by atoms with Crippen molar-refractivity contribution in [2.75, 3.05) is 0 Å². The summed E-state index contributed by atoms with van der Waals surface area (Å²) >= 11 is 0. The van der Waals surface area contributed by atoms with Gasteiger partial charge in [-0.15, -0.1) is 0 Å². The monoisotopic (exact) mass is 812 g/mol. The summed E-state index contributed by atoms with van der Waals surface area (Å²) < 4.78 is 33.3. The highest BCUT2D eigenvalue weighted by molar-refractivity contribution is 7.49. The molecule has 7 nitrogen and oxygen atoms in total. The highest BCUT2D eigenvalue weighted by atomic mass is 31.2. The zero-order valence-corrected chi connectivity index (χ0v) is 38.9. The Kier molecular flexibility index (Phi) is 12.5. The van der Waals surface area contributed by atoms with E-state index in [2.05, 4.69) is 95.2 Å². The summed E-state index contributed by atoms with van der Waals surface area (Å²) in [6.07, 6.45) is 0.0947. The maximum absolute atomic E-state index is 14.7. The van der Waals surface area contributed by atoms with Gasteiger partial charge in [-0.2, -0.15) is 0 Å². The van der Waals surface area contributed by atoms with Gasteiger partial charge in [0.25, 0.3) is 0 Å². The van der Waals surface area contributed by atoms with Gasteiger partial charge in [0.2, 0.25) is 0 Å². The molecule has 8 heteroatoms. The van der Waals surface area contributed by atoms with Gasteiger partial charge in [-0.05, 0) is 116 Å². The Bertz CT molecular complexity index is 2090. The Morgan fingerprint density at radius 2 is 0.638 bits per heavy atom. The average molecular weight is 813 g/mol. The van der Waals surface area contributed by atoms with E-state index < -0.39 is 20.0 Å². The van der Waals surface area contributed by atoms with Crippen molar-refractivity contribution < 1.29 is 33.5 Å². The molecule has 0 aliphatic heterocycles. The average Bonchev–Trinajstić information content (AvgIpc) is 3.04. The molecular weight excluding hydrogens is 744 g/mol. The fraction of sp³-hybridized carbons (Fsp3) is 0.520. The van der Waals surface area contributed by atoms with Gasteiger partial charge in [-0.1, -0.05) is 132 Å². The van der Waals surface area contributed by atoms with Gasteiger partial charge in [0, 0.05) is 25.7 Å². The van der Waals surface area contributed by atoms with Crippen molar-refractivity contribution in [1.82, 2.24) is 0 Å². The summed E-state index contributed by atoms with van der Waals surface area (Å²) in [5.74, 6) is 0.764. The predicted molar refractivity (Wildman–Crippen MR) is 237 cm³/mol. The molecule has 4 aromatic rings. The number of phosphoric ester groups is 1. The highest BCUT2D eigenvalue weighted by Gasteiger charge is 2.35. The minimum atomic E-state index is -4.21. The molecule has 316 valence electrons. The van der Waals surface area contributed by atoms with Crippen molar-refractivity contribution in [2.45, 2.75) is 170 Å². The second-order valence-electron chi connectivity index (χ2n) is 21.1. The molecule has 58 heavy (non-hydrogen) atoms. The van der Waals surface area contributed by atoms with Gasteiger partial charge < -0.3 is 19.8 Å². The van der Waals surface area contributed by atoms with Crippen LogP contribution >= 0.6 is 7.82 Å². The molecule has 0 fully saturated rings. The quantitative estimate of drug-likeness (QED) is 0.147. The van der Waals surface area contributed by atoms with Crippen molar-refractivity contribution >= 4 is 7.82 Å². The number of phenols is 3. The standard InChI is InChI=1S/C50H69O7P/c1-29(2)55-58(54,56-30(3)4)57-46-37-19-35-25-40(48(8,9)10)23-33(44(35)52)17-31-21-39(47(5,6)7)22-32(43(31)51)18-34-24-41(49(11,12)13)26-36(45(34)53)20-38(46)28-42(27-37)50(14,15)16/h21-30,51-53H,17-20H2,1-16H3. The Morgan fingerprint density at radius 1 is 0.431 bits per heavy atom. The van der Waals surface area contributed by atoms with Crippen molar-refractivity contribution in [1.29, 1.82) is 0 Å². The lowest BCUT2D eigenvalue weighted by Gasteiger charge is -2.29. The Morgan fingerprint density at radius 3 is 0.845 bits per heavy atom. The van der Waals surface area contributed by atoms with E-state index in [0.29, 0.717) is 50.3 Å². The predicted octanol–water partition coefficient (Wildman–Crippen LogP) is 13.0. The van der Waals surface area contributed by atoms with Gasteiger partial charge in [0.05, 0.1) is 12.2 Å². The van der Waals surface area contributed by atoms with Crippen LogP contribution in [-0.4, -0.2) is 27.5 Å². The van der Waals surface area contributed by atoms with Crippen LogP contribution in [0.15, 0.2) is 48.5 Å². The van der Waals surface area contributed by atoms with Crippen LogP contribution in [0.1, 0.15) is 178 Å². The van der Waals surface area contributed by atoms with Crippen LogP contribution in [0.5, 0.6) is 23.0 Å². The molecule has 0 atom stereocenters. The molecule has 0 unspecified atom stereocenters. The van der Waals surface area contributed by atoms with Crippen LogP contribution in [0.2, 0.25) is 0 Å². The van der Waals surface area contributed by atoms with E-state index in [9.17, 15) is 19.9 Å². The first-order valence-electron chi connectivity index (χ1n) is 20.8. The van der Waals surface area contributed by atoms with Gasteiger partial charge >= 0.3 is 7.82 Å². The molecule has 4 aromatic carbocycles. The van der Waals surface area contributed by atoms with Gasteiger partial charge in [0.1, 0.15) is 23.0 Å². The number of phenolic OH excluding ortho intramolecular Hbond substituents is 3. The van der Waals surface area contributed by atoms with Crippen LogP contribution in [-0.2, 0) is 61.0 Å². The maximum atomic E-state index is 14.7. The summed E-state index contributed by atoms with van der Waals surface area (Å²) in [5, 5.41) is 36.7. The first kappa shape index (κ1) is 45.3. The molecule has 1 aliphatic carbocycles. The van der Waals surface area contributed by atoms with Crippen LogP contribution < -0.4 is 4.52 Å². The molecule has 0 heterocycles. The van der Waals surface area contributed by atoms with Gasteiger partial charge in [-0.25, -0.2) is 4.57 Å². The number of rotatable bonds is 6. The molecule has 0 spiro atoms. The van der Waals surface area contributed by atoms with E-state index in [4.69, 9.17) is 13.6 Å². The zero-order valence-electron chi connectivity index (χ0n) is 38.0. The van der Waals surface area contributed by atoms with E-state index in [1.54, 1.807) is 27.7 Å². The maximum Gasteiger partial charge on any atom is 0.530 e. The molecule has 3 N–H and O–H groups in total. The van der Waals surface area contributed by atoms with Gasteiger partial charge in [0.15, 0.2) is 0 Å². The lowest BCUT2D eigenvalue weighted by molar-refractivity contribution is 0.103. The van der Waals surface area contributed by atoms with Crippen LogP contribution in [0, 0.1) is 0 Å². The highest BCUT2D eigenvalue weighted by Crippen LogP contribution is 2.54. The van der Waals surface area contributed by atoms with Crippen molar-refractivity contribution in [2.24, 2.45) is 0 Å². The minimum Gasteiger partial charge on any atom is -0.507 e. The molecule has 8 bridgehead atoms. The molecule has 0 saturated carbocycles. The summed E-state index contributed by atoms with van der Waals surface area (Å²) in [6, 6.07) is 16.4. The summed E-state index contributed by atoms with van der Waals surface area (Å²) in [7, 11) is -4.21. The van der Waals surface area contributed by atoms with E-state index in [-0.39, 0.29) is 64.6 Å².